The lowest BCUT2D eigenvalue weighted by atomic mass is 9.88. The van der Waals surface area contributed by atoms with E-state index in [0.717, 1.165) is 12.0 Å². The highest BCUT2D eigenvalue weighted by Crippen LogP contribution is 2.26. The van der Waals surface area contributed by atoms with Gasteiger partial charge in [0.1, 0.15) is 0 Å². The maximum Gasteiger partial charge on any atom is 0.0898 e. The minimum atomic E-state index is -0.460. The third kappa shape index (κ3) is 5.38. The second-order valence-corrected chi connectivity index (χ2v) is 6.20. The molecule has 1 aliphatic rings. The summed E-state index contributed by atoms with van der Waals surface area (Å²) in [7, 11) is 0. The van der Waals surface area contributed by atoms with Crippen LogP contribution in [0.15, 0.2) is 24.5 Å². The van der Waals surface area contributed by atoms with Gasteiger partial charge >= 0.3 is 0 Å². The van der Waals surface area contributed by atoms with Gasteiger partial charge in [0.05, 0.1) is 18.8 Å². The number of aliphatic hydroxyl groups excluding tert-OH is 1. The van der Waals surface area contributed by atoms with Crippen molar-refractivity contribution in [1.82, 2.24) is 10.3 Å². The molecular weight excluding hydrogens is 264 g/mol. The van der Waals surface area contributed by atoms with Crippen molar-refractivity contribution in [2.45, 2.75) is 57.8 Å². The van der Waals surface area contributed by atoms with E-state index in [1.165, 1.54) is 19.3 Å². The molecule has 0 saturated heterocycles. The summed E-state index contributed by atoms with van der Waals surface area (Å²) in [6, 6.07) is 4.15. The average Bonchev–Trinajstić information content (AvgIpc) is 2.52. The van der Waals surface area contributed by atoms with Crippen molar-refractivity contribution in [3.63, 3.8) is 0 Å². The predicted octanol–water partition coefficient (Wildman–Crippen LogP) is 2.69. The van der Waals surface area contributed by atoms with Crippen LogP contribution in [0, 0.1) is 5.92 Å². The van der Waals surface area contributed by atoms with Crippen LogP contribution in [0.3, 0.4) is 0 Å². The predicted molar refractivity (Wildman–Crippen MR) is 84.0 cm³/mol. The summed E-state index contributed by atoms with van der Waals surface area (Å²) in [5, 5.41) is 13.4. The van der Waals surface area contributed by atoms with Gasteiger partial charge in [-0.25, -0.2) is 0 Å². The van der Waals surface area contributed by atoms with Gasteiger partial charge in [0.15, 0.2) is 0 Å². The zero-order valence-electron chi connectivity index (χ0n) is 13.2. The van der Waals surface area contributed by atoms with Crippen LogP contribution < -0.4 is 5.32 Å². The van der Waals surface area contributed by atoms with E-state index in [4.69, 9.17) is 4.74 Å². The highest BCUT2D eigenvalue weighted by atomic mass is 16.5. The zero-order chi connectivity index (χ0) is 15.1. The first kappa shape index (κ1) is 16.4. The summed E-state index contributed by atoms with van der Waals surface area (Å²) >= 11 is 0. The van der Waals surface area contributed by atoms with Gasteiger partial charge < -0.3 is 15.2 Å². The third-order valence-electron chi connectivity index (χ3n) is 4.38. The molecule has 0 amide bonds. The Kier molecular flexibility index (Phi) is 6.61. The first-order valence-electron chi connectivity index (χ1n) is 8.09. The molecule has 2 N–H and O–H groups in total. The largest absolute Gasteiger partial charge is 0.389 e. The molecule has 2 rings (SSSR count). The van der Waals surface area contributed by atoms with Crippen LogP contribution >= 0.6 is 0 Å². The third-order valence-corrected chi connectivity index (χ3v) is 4.38. The van der Waals surface area contributed by atoms with Gasteiger partial charge in [0.25, 0.3) is 0 Å². The Morgan fingerprint density at radius 1 is 1.43 bits per heavy atom. The molecule has 4 heteroatoms. The van der Waals surface area contributed by atoms with E-state index < -0.39 is 6.10 Å². The summed E-state index contributed by atoms with van der Waals surface area (Å²) in [5.74, 6) is 0.619. The van der Waals surface area contributed by atoms with Gasteiger partial charge in [-0.3, -0.25) is 4.98 Å². The normalized spacial score (nSPS) is 25.5. The Morgan fingerprint density at radius 3 is 2.95 bits per heavy atom. The molecule has 0 spiro atoms. The molecule has 3 unspecified atom stereocenters. The number of ether oxygens (including phenoxy) is 1. The molecule has 1 aromatic rings. The van der Waals surface area contributed by atoms with Gasteiger partial charge in [-0.1, -0.05) is 25.8 Å². The first-order chi connectivity index (χ1) is 10.2. The smallest absolute Gasteiger partial charge is 0.0898 e. The van der Waals surface area contributed by atoms with Crippen LogP contribution in [0.5, 0.6) is 0 Å². The van der Waals surface area contributed by atoms with Crippen LogP contribution in [0.4, 0.5) is 0 Å². The van der Waals surface area contributed by atoms with E-state index in [2.05, 4.69) is 24.1 Å². The highest BCUT2D eigenvalue weighted by Gasteiger charge is 2.22. The lowest BCUT2D eigenvalue weighted by molar-refractivity contribution is -0.0455. The van der Waals surface area contributed by atoms with Crippen LogP contribution in [0.25, 0.3) is 0 Å². The van der Waals surface area contributed by atoms with Crippen molar-refractivity contribution in [2.24, 2.45) is 5.92 Å². The monoisotopic (exact) mass is 292 g/mol. The fraction of sp³-hybridized carbons (Fsp3) is 0.706. The molecule has 0 aromatic carbocycles. The lowest BCUT2D eigenvalue weighted by Crippen LogP contribution is -2.35. The number of hydrogen-bond acceptors (Lipinski definition) is 4. The molecular formula is C17H28N2O2. The number of nitrogens with zero attached hydrogens (tertiary/aromatic N) is 1. The zero-order valence-corrected chi connectivity index (χ0v) is 13.2. The van der Waals surface area contributed by atoms with E-state index in [1.54, 1.807) is 6.20 Å². The number of nitrogens with one attached hydrogen (secondary N) is 1. The number of pyridine rings is 1. The molecule has 0 aliphatic heterocycles. The molecule has 4 atom stereocenters. The van der Waals surface area contributed by atoms with Crippen molar-refractivity contribution >= 4 is 0 Å². The molecule has 21 heavy (non-hydrogen) atoms. The van der Waals surface area contributed by atoms with E-state index >= 15 is 0 Å². The Morgan fingerprint density at radius 2 is 2.24 bits per heavy atom. The van der Waals surface area contributed by atoms with E-state index in [0.29, 0.717) is 25.2 Å². The van der Waals surface area contributed by atoms with Gasteiger partial charge in [-0.15, -0.1) is 0 Å². The first-order valence-corrected chi connectivity index (χ1v) is 8.09. The summed E-state index contributed by atoms with van der Waals surface area (Å²) in [4.78, 5) is 4.11. The Hall–Kier alpha value is -0.970. The van der Waals surface area contributed by atoms with Crippen LogP contribution in [0.1, 0.15) is 51.1 Å². The molecule has 1 fully saturated rings. The quantitative estimate of drug-likeness (QED) is 0.811. The fourth-order valence-electron chi connectivity index (χ4n) is 2.89. The van der Waals surface area contributed by atoms with Crippen molar-refractivity contribution in [3.05, 3.63) is 30.1 Å². The van der Waals surface area contributed by atoms with Crippen molar-refractivity contribution in [1.29, 1.82) is 0 Å². The van der Waals surface area contributed by atoms with Crippen molar-refractivity contribution < 1.29 is 9.84 Å². The molecule has 0 radical (unpaired) electrons. The second kappa shape index (κ2) is 8.47. The molecule has 1 saturated carbocycles. The molecule has 0 bridgehead atoms. The molecule has 1 aromatic heterocycles. The van der Waals surface area contributed by atoms with E-state index in [1.807, 2.05) is 18.3 Å². The van der Waals surface area contributed by atoms with Gasteiger partial charge in [-0.2, -0.15) is 0 Å². The maximum atomic E-state index is 10.1. The van der Waals surface area contributed by atoms with Crippen LogP contribution in [-0.4, -0.2) is 35.5 Å². The fourth-order valence-corrected chi connectivity index (χ4v) is 2.89. The lowest BCUT2D eigenvalue weighted by Gasteiger charge is -2.29. The highest BCUT2D eigenvalue weighted by molar-refractivity contribution is 5.12. The van der Waals surface area contributed by atoms with E-state index in [9.17, 15) is 5.11 Å². The minimum Gasteiger partial charge on any atom is -0.389 e. The van der Waals surface area contributed by atoms with Crippen LogP contribution in [0.2, 0.25) is 0 Å². The summed E-state index contributed by atoms with van der Waals surface area (Å²) in [6.07, 6.45) is 8.43. The Labute approximate surface area is 127 Å². The summed E-state index contributed by atoms with van der Waals surface area (Å²) < 4.78 is 5.89. The second-order valence-electron chi connectivity index (χ2n) is 6.20. The number of aromatic nitrogens is 1. The van der Waals surface area contributed by atoms with E-state index in [-0.39, 0.29) is 6.04 Å². The average molecular weight is 292 g/mol. The molecule has 1 aliphatic carbocycles. The molecule has 1 heterocycles. The van der Waals surface area contributed by atoms with Crippen molar-refractivity contribution in [2.75, 3.05) is 13.2 Å². The Balaban J connectivity index is 1.66. The maximum absolute atomic E-state index is 10.1. The van der Waals surface area contributed by atoms with Gasteiger partial charge in [0.2, 0.25) is 0 Å². The standard InChI is InChI=1S/C17H28N2O2/c1-13-6-3-4-8-17(13)21-12-16(20)11-19-14(2)15-7-5-9-18-10-15/h5,7,9-10,13-14,16-17,19-20H,3-4,6,8,11-12H2,1-2H3/t13?,14-,16?,17?/m0/s1. The van der Waals surface area contributed by atoms with Crippen molar-refractivity contribution in [3.8, 4) is 0 Å². The summed E-state index contributed by atoms with van der Waals surface area (Å²) in [6.45, 7) is 5.28. The van der Waals surface area contributed by atoms with Gasteiger partial charge in [0, 0.05) is 25.0 Å². The number of aliphatic hydroxyl groups is 1. The number of rotatable bonds is 7. The number of hydrogen-bond donors (Lipinski definition) is 2. The Bertz CT molecular complexity index is 399. The minimum absolute atomic E-state index is 0.182. The summed E-state index contributed by atoms with van der Waals surface area (Å²) in [5.41, 5.74) is 1.13. The van der Waals surface area contributed by atoms with Crippen LogP contribution in [-0.2, 0) is 4.74 Å². The SMILES string of the molecule is CC1CCCCC1OCC(O)CN[C@@H](C)c1cccnc1. The molecule has 4 nitrogen and oxygen atoms in total. The van der Waals surface area contributed by atoms with Gasteiger partial charge in [-0.05, 0) is 37.3 Å². The molecule has 118 valence electrons. The topological polar surface area (TPSA) is 54.4 Å².